The summed E-state index contributed by atoms with van der Waals surface area (Å²) in [6, 6.07) is 29.1. The van der Waals surface area contributed by atoms with Crippen LogP contribution >= 0.6 is 0 Å². The molecule has 0 radical (unpaired) electrons. The van der Waals surface area contributed by atoms with Crippen molar-refractivity contribution >= 4 is 27.4 Å². The zero-order valence-electron chi connectivity index (χ0n) is 22.3. The lowest BCUT2D eigenvalue weighted by Crippen LogP contribution is -2.15. The minimum Gasteiger partial charge on any atom is -0.382 e. The number of benzene rings is 4. The first-order chi connectivity index (χ1) is 18.6. The lowest BCUT2D eigenvalue weighted by atomic mass is 9.82. The average molecular weight is 495 g/mol. The Morgan fingerprint density at radius 3 is 2.63 bits per heavy atom. The summed E-state index contributed by atoms with van der Waals surface area (Å²) in [5, 5.41) is 7.79. The van der Waals surface area contributed by atoms with E-state index in [1.807, 2.05) is 0 Å². The SMILES string of the molecule is CC1(C)c2ccccc2-c2ccc(NC/C=C\Cn3c4c(c5c6ccccc6ccc53)CC=CCC4)cc21. The van der Waals surface area contributed by atoms with Crippen LogP contribution in [-0.4, -0.2) is 11.1 Å². The van der Waals surface area contributed by atoms with E-state index in [0.717, 1.165) is 32.4 Å². The maximum Gasteiger partial charge on any atom is 0.0494 e. The second kappa shape index (κ2) is 9.06. The Balaban J connectivity index is 1.13. The summed E-state index contributed by atoms with van der Waals surface area (Å²) < 4.78 is 2.55. The van der Waals surface area contributed by atoms with E-state index in [9.17, 15) is 0 Å². The van der Waals surface area contributed by atoms with Gasteiger partial charge in [-0.25, -0.2) is 0 Å². The number of nitrogens with one attached hydrogen (secondary N) is 1. The van der Waals surface area contributed by atoms with E-state index in [0.29, 0.717) is 0 Å². The molecule has 0 amide bonds. The Labute approximate surface area is 225 Å². The van der Waals surface area contributed by atoms with Crippen molar-refractivity contribution in [1.29, 1.82) is 0 Å². The number of fused-ring (bicyclic) bond motifs is 8. The molecule has 0 unspecified atom stereocenters. The summed E-state index contributed by atoms with van der Waals surface area (Å²) in [5.74, 6) is 0. The van der Waals surface area contributed by atoms with Gasteiger partial charge in [0.05, 0.1) is 0 Å². The molecule has 1 N–H and O–H groups in total. The average Bonchev–Trinajstić information content (AvgIpc) is 3.21. The number of aromatic nitrogens is 1. The standard InChI is InChI=1S/C36H34N2/c1-36(2)31-16-9-8-14-28(31)29-20-19-26(24-32(29)36)37-22-10-11-23-38-33-17-5-3-4-15-30(33)35-27-13-7-6-12-25(27)18-21-34(35)38/h3-4,6-14,16,18-21,24,37H,5,15,17,22-23H2,1-2H3/b11-10-. The maximum absolute atomic E-state index is 3.65. The third kappa shape index (κ3) is 3.62. The molecule has 0 spiro atoms. The van der Waals surface area contributed by atoms with Gasteiger partial charge in [0.15, 0.2) is 0 Å². The Kier molecular flexibility index (Phi) is 5.51. The highest BCUT2D eigenvalue weighted by atomic mass is 15.0. The van der Waals surface area contributed by atoms with Gasteiger partial charge in [0.25, 0.3) is 0 Å². The third-order valence-electron chi connectivity index (χ3n) is 8.67. The molecule has 0 fully saturated rings. The van der Waals surface area contributed by atoms with E-state index < -0.39 is 0 Å². The highest BCUT2D eigenvalue weighted by Gasteiger charge is 2.35. The molecule has 38 heavy (non-hydrogen) atoms. The van der Waals surface area contributed by atoms with Crippen LogP contribution in [0.4, 0.5) is 5.69 Å². The molecule has 0 bridgehead atoms. The van der Waals surface area contributed by atoms with Gasteiger partial charge in [-0.2, -0.15) is 0 Å². The van der Waals surface area contributed by atoms with E-state index in [1.165, 1.54) is 60.9 Å². The zero-order valence-corrected chi connectivity index (χ0v) is 22.3. The van der Waals surface area contributed by atoms with Gasteiger partial charge in [0, 0.05) is 40.8 Å². The normalized spacial score (nSPS) is 15.5. The molecule has 1 heterocycles. The molecular formula is C36H34N2. The van der Waals surface area contributed by atoms with Gasteiger partial charge in [-0.3, -0.25) is 0 Å². The Hall–Kier alpha value is -4.04. The van der Waals surface area contributed by atoms with E-state index in [-0.39, 0.29) is 5.41 Å². The molecule has 0 atom stereocenters. The Bertz CT molecular complexity index is 1740. The second-order valence-electron chi connectivity index (χ2n) is 11.2. The van der Waals surface area contributed by atoms with Crippen LogP contribution in [0.1, 0.15) is 42.7 Å². The second-order valence-corrected chi connectivity index (χ2v) is 11.2. The van der Waals surface area contributed by atoms with Gasteiger partial charge >= 0.3 is 0 Å². The van der Waals surface area contributed by atoms with Crippen LogP contribution < -0.4 is 5.32 Å². The van der Waals surface area contributed by atoms with Crippen molar-refractivity contribution in [3.63, 3.8) is 0 Å². The monoisotopic (exact) mass is 494 g/mol. The van der Waals surface area contributed by atoms with Crippen molar-refractivity contribution in [2.75, 3.05) is 11.9 Å². The zero-order chi connectivity index (χ0) is 25.7. The molecule has 2 nitrogen and oxygen atoms in total. The van der Waals surface area contributed by atoms with Crippen LogP contribution in [-0.2, 0) is 24.8 Å². The van der Waals surface area contributed by atoms with Crippen molar-refractivity contribution < 1.29 is 0 Å². The molecular weight excluding hydrogens is 460 g/mol. The van der Waals surface area contributed by atoms with Gasteiger partial charge in [-0.05, 0) is 76.1 Å². The smallest absolute Gasteiger partial charge is 0.0494 e. The lowest BCUT2D eigenvalue weighted by Gasteiger charge is -2.22. The Morgan fingerprint density at radius 1 is 0.842 bits per heavy atom. The third-order valence-corrected chi connectivity index (χ3v) is 8.67. The van der Waals surface area contributed by atoms with Crippen LogP contribution in [0.5, 0.6) is 0 Å². The molecule has 2 aliphatic carbocycles. The van der Waals surface area contributed by atoms with Crippen LogP contribution in [0.2, 0.25) is 0 Å². The summed E-state index contributed by atoms with van der Waals surface area (Å²) in [4.78, 5) is 0. The van der Waals surface area contributed by atoms with E-state index >= 15 is 0 Å². The lowest BCUT2D eigenvalue weighted by molar-refractivity contribution is 0.660. The van der Waals surface area contributed by atoms with Gasteiger partial charge < -0.3 is 9.88 Å². The number of hydrogen-bond acceptors (Lipinski definition) is 1. The topological polar surface area (TPSA) is 17.0 Å². The molecule has 5 aromatic rings. The first-order valence-corrected chi connectivity index (χ1v) is 13.9. The highest BCUT2D eigenvalue weighted by Crippen LogP contribution is 2.49. The van der Waals surface area contributed by atoms with Gasteiger partial charge in [0.2, 0.25) is 0 Å². The summed E-state index contributed by atoms with van der Waals surface area (Å²) in [6.45, 7) is 6.39. The molecule has 2 heteroatoms. The summed E-state index contributed by atoms with van der Waals surface area (Å²) in [5.41, 5.74) is 11.2. The summed E-state index contributed by atoms with van der Waals surface area (Å²) >= 11 is 0. The van der Waals surface area contributed by atoms with Crippen LogP contribution in [0.15, 0.2) is 103 Å². The molecule has 7 rings (SSSR count). The molecule has 4 aromatic carbocycles. The van der Waals surface area contributed by atoms with Gasteiger partial charge in [-0.1, -0.05) is 98.8 Å². The number of rotatable bonds is 5. The van der Waals surface area contributed by atoms with E-state index in [2.05, 4.69) is 127 Å². The largest absolute Gasteiger partial charge is 0.382 e. The fourth-order valence-corrected chi connectivity index (χ4v) is 6.76. The van der Waals surface area contributed by atoms with Crippen molar-refractivity contribution in [3.05, 3.63) is 126 Å². The molecule has 1 aromatic heterocycles. The van der Waals surface area contributed by atoms with Crippen LogP contribution in [0.25, 0.3) is 32.8 Å². The molecule has 0 aliphatic heterocycles. The number of allylic oxidation sites excluding steroid dienone is 3. The van der Waals surface area contributed by atoms with Gasteiger partial charge in [-0.15, -0.1) is 0 Å². The van der Waals surface area contributed by atoms with Crippen molar-refractivity contribution in [2.24, 2.45) is 0 Å². The van der Waals surface area contributed by atoms with Crippen LogP contribution in [0, 0.1) is 0 Å². The highest BCUT2D eigenvalue weighted by molar-refractivity contribution is 6.09. The first kappa shape index (κ1) is 23.1. The number of nitrogens with zero attached hydrogens (tertiary/aromatic N) is 1. The minimum atomic E-state index is 0.0335. The van der Waals surface area contributed by atoms with E-state index in [4.69, 9.17) is 0 Å². The summed E-state index contributed by atoms with van der Waals surface area (Å²) in [7, 11) is 0. The fourth-order valence-electron chi connectivity index (χ4n) is 6.76. The van der Waals surface area contributed by atoms with Crippen molar-refractivity contribution in [3.8, 4) is 11.1 Å². The molecule has 0 saturated carbocycles. The first-order valence-electron chi connectivity index (χ1n) is 13.9. The molecule has 188 valence electrons. The number of hydrogen-bond donors (Lipinski definition) is 1. The minimum absolute atomic E-state index is 0.0335. The van der Waals surface area contributed by atoms with E-state index in [1.54, 1.807) is 0 Å². The molecule has 2 aliphatic rings. The summed E-state index contributed by atoms with van der Waals surface area (Å²) in [6.07, 6.45) is 12.6. The predicted molar refractivity (Wildman–Crippen MR) is 162 cm³/mol. The van der Waals surface area contributed by atoms with Crippen molar-refractivity contribution in [2.45, 2.75) is 45.1 Å². The van der Waals surface area contributed by atoms with Crippen molar-refractivity contribution in [1.82, 2.24) is 4.57 Å². The molecule has 0 saturated heterocycles. The number of anilines is 1. The fraction of sp³-hybridized carbons (Fsp3) is 0.222. The maximum atomic E-state index is 3.65. The van der Waals surface area contributed by atoms with Crippen LogP contribution in [0.3, 0.4) is 0 Å². The van der Waals surface area contributed by atoms with Gasteiger partial charge in [0.1, 0.15) is 0 Å². The quantitative estimate of drug-likeness (QED) is 0.242. The Morgan fingerprint density at radius 2 is 1.68 bits per heavy atom. The predicted octanol–water partition coefficient (Wildman–Crippen LogP) is 8.81.